The molecule has 1 atom stereocenters. The van der Waals surface area contributed by atoms with Crippen LogP contribution >= 0.6 is 24.0 Å². The lowest BCUT2D eigenvalue weighted by molar-refractivity contribution is 0.0672. The Labute approximate surface area is 178 Å². The lowest BCUT2D eigenvalue weighted by Gasteiger charge is -2.20. The average Bonchev–Trinajstić information content (AvgIpc) is 3.08. The molecule has 0 aliphatic heterocycles. The Morgan fingerprint density at radius 3 is 2.56 bits per heavy atom. The number of hydrogen-bond acceptors (Lipinski definition) is 4. The molecular weight excluding hydrogens is 457 g/mol. The maximum atomic E-state index is 10.6. The summed E-state index contributed by atoms with van der Waals surface area (Å²) < 4.78 is 6.84. The first-order valence-electron chi connectivity index (χ1n) is 8.81. The summed E-state index contributed by atoms with van der Waals surface area (Å²) in [6.07, 6.45) is 4.34. The molecule has 150 valence electrons. The van der Waals surface area contributed by atoms with Crippen molar-refractivity contribution < 1.29 is 9.84 Å². The van der Waals surface area contributed by atoms with Crippen LogP contribution in [0, 0.1) is 0 Å². The first kappa shape index (κ1) is 23.2. The quantitative estimate of drug-likeness (QED) is 0.302. The van der Waals surface area contributed by atoms with Gasteiger partial charge in [0.1, 0.15) is 11.4 Å². The number of ether oxygens (including phenoxy) is 1. The smallest absolute Gasteiger partial charge is 0.191 e. The van der Waals surface area contributed by atoms with E-state index in [9.17, 15) is 5.11 Å². The van der Waals surface area contributed by atoms with Crippen LogP contribution < -0.4 is 15.4 Å². The third-order valence-electron chi connectivity index (χ3n) is 4.08. The molecule has 0 bridgehead atoms. The molecule has 8 heteroatoms. The maximum Gasteiger partial charge on any atom is 0.191 e. The van der Waals surface area contributed by atoms with Crippen LogP contribution in [-0.4, -0.2) is 47.6 Å². The van der Waals surface area contributed by atoms with Crippen molar-refractivity contribution >= 4 is 29.9 Å². The van der Waals surface area contributed by atoms with Gasteiger partial charge in [-0.25, -0.2) is 4.99 Å². The van der Waals surface area contributed by atoms with E-state index in [1.54, 1.807) is 31.1 Å². The normalized spacial score (nSPS) is 13.4. The standard InChI is InChI=1S/C19H29N5O2.HI/c1-5-20-18(21-11-10-15-6-8-17(26-4)9-7-15)22-14-19(2,25)16-12-23-24(3)13-16;/h6-9,12-13,25H,5,10-11,14H2,1-4H3,(H2,20,21,22);1H. The van der Waals surface area contributed by atoms with Crippen molar-refractivity contribution in [2.45, 2.75) is 25.9 Å². The zero-order valence-electron chi connectivity index (χ0n) is 16.4. The van der Waals surface area contributed by atoms with Crippen molar-refractivity contribution in [3.63, 3.8) is 0 Å². The number of nitrogens with zero attached hydrogens (tertiary/aromatic N) is 3. The third kappa shape index (κ3) is 7.37. The first-order valence-corrected chi connectivity index (χ1v) is 8.81. The first-order chi connectivity index (χ1) is 12.4. The molecule has 0 spiro atoms. The molecule has 0 aliphatic carbocycles. The molecule has 1 aromatic heterocycles. The Morgan fingerprint density at radius 2 is 2.00 bits per heavy atom. The van der Waals surface area contributed by atoms with Crippen molar-refractivity contribution in [1.29, 1.82) is 0 Å². The van der Waals surface area contributed by atoms with Crippen molar-refractivity contribution in [1.82, 2.24) is 20.4 Å². The summed E-state index contributed by atoms with van der Waals surface area (Å²) in [7, 11) is 3.49. The minimum atomic E-state index is -1.06. The van der Waals surface area contributed by atoms with Gasteiger partial charge in [-0.05, 0) is 38.0 Å². The predicted octanol–water partition coefficient (Wildman–Crippen LogP) is 2.05. The molecule has 0 saturated carbocycles. The fourth-order valence-corrected chi connectivity index (χ4v) is 2.48. The minimum absolute atomic E-state index is 0. The van der Waals surface area contributed by atoms with E-state index in [1.165, 1.54) is 5.56 Å². The molecule has 0 amide bonds. The largest absolute Gasteiger partial charge is 0.497 e. The average molecular weight is 487 g/mol. The number of aryl methyl sites for hydroxylation is 1. The number of nitrogens with one attached hydrogen (secondary N) is 2. The summed E-state index contributed by atoms with van der Waals surface area (Å²) in [6.45, 7) is 5.50. The van der Waals surface area contributed by atoms with Gasteiger partial charge in [-0.2, -0.15) is 5.10 Å². The zero-order chi connectivity index (χ0) is 19.0. The van der Waals surface area contributed by atoms with E-state index >= 15 is 0 Å². The predicted molar refractivity (Wildman–Crippen MR) is 119 cm³/mol. The molecule has 7 nitrogen and oxygen atoms in total. The molecule has 2 aromatic rings. The van der Waals surface area contributed by atoms with Crippen molar-refractivity contribution in [2.24, 2.45) is 12.0 Å². The van der Waals surface area contributed by atoms with Gasteiger partial charge in [-0.3, -0.25) is 4.68 Å². The molecular formula is C19H30IN5O2. The van der Waals surface area contributed by atoms with E-state index in [1.807, 2.05) is 26.1 Å². The number of aliphatic imine (C=N–C) groups is 1. The fraction of sp³-hybridized carbons (Fsp3) is 0.474. The molecule has 3 N–H and O–H groups in total. The Hall–Kier alpha value is -1.81. The Kier molecular flexibility index (Phi) is 9.57. The number of benzene rings is 1. The van der Waals surface area contributed by atoms with Gasteiger partial charge in [0.15, 0.2) is 5.96 Å². The molecule has 0 saturated heterocycles. The van der Waals surface area contributed by atoms with E-state index in [4.69, 9.17) is 4.74 Å². The summed E-state index contributed by atoms with van der Waals surface area (Å²) in [5.74, 6) is 1.54. The van der Waals surface area contributed by atoms with Gasteiger partial charge in [-0.1, -0.05) is 12.1 Å². The number of aromatic nitrogens is 2. The third-order valence-corrected chi connectivity index (χ3v) is 4.08. The maximum absolute atomic E-state index is 10.6. The zero-order valence-corrected chi connectivity index (χ0v) is 18.7. The molecule has 1 unspecified atom stereocenters. The molecule has 0 radical (unpaired) electrons. The highest BCUT2D eigenvalue weighted by atomic mass is 127. The van der Waals surface area contributed by atoms with Crippen LogP contribution in [0.4, 0.5) is 0 Å². The van der Waals surface area contributed by atoms with Crippen molar-refractivity contribution in [3.8, 4) is 5.75 Å². The van der Waals surface area contributed by atoms with Crippen molar-refractivity contribution in [2.75, 3.05) is 26.7 Å². The van der Waals surface area contributed by atoms with Crippen LogP contribution in [-0.2, 0) is 19.1 Å². The van der Waals surface area contributed by atoms with E-state index in [-0.39, 0.29) is 30.5 Å². The van der Waals surface area contributed by atoms with Gasteiger partial charge >= 0.3 is 0 Å². The molecule has 0 aliphatic rings. The van der Waals surface area contributed by atoms with Gasteiger partial charge < -0.3 is 20.5 Å². The molecule has 27 heavy (non-hydrogen) atoms. The SMILES string of the molecule is CCNC(=NCC(C)(O)c1cnn(C)c1)NCCc1ccc(OC)cc1.I. The Balaban J connectivity index is 0.00000364. The number of halogens is 1. The summed E-state index contributed by atoms with van der Waals surface area (Å²) in [4.78, 5) is 4.52. The van der Waals surface area contributed by atoms with E-state index in [2.05, 4.69) is 32.9 Å². The number of hydrogen-bond donors (Lipinski definition) is 3. The van der Waals surface area contributed by atoms with E-state index < -0.39 is 5.60 Å². The monoisotopic (exact) mass is 487 g/mol. The van der Waals surface area contributed by atoms with Crippen LogP contribution in [0.15, 0.2) is 41.7 Å². The van der Waals surface area contributed by atoms with Crippen LogP contribution in [0.3, 0.4) is 0 Å². The second-order valence-electron chi connectivity index (χ2n) is 6.40. The summed E-state index contributed by atoms with van der Waals surface area (Å²) in [5.41, 5.74) is 0.904. The number of aliphatic hydroxyl groups is 1. The van der Waals surface area contributed by atoms with E-state index in [0.29, 0.717) is 5.96 Å². The lowest BCUT2D eigenvalue weighted by atomic mass is 10.0. The number of guanidine groups is 1. The Morgan fingerprint density at radius 1 is 1.30 bits per heavy atom. The van der Waals surface area contributed by atoms with Crippen LogP contribution in [0.2, 0.25) is 0 Å². The number of methoxy groups -OCH3 is 1. The fourth-order valence-electron chi connectivity index (χ4n) is 2.48. The lowest BCUT2D eigenvalue weighted by Crippen LogP contribution is -2.39. The van der Waals surface area contributed by atoms with Gasteiger partial charge in [0.2, 0.25) is 0 Å². The van der Waals surface area contributed by atoms with Crippen LogP contribution in [0.25, 0.3) is 0 Å². The van der Waals surface area contributed by atoms with Crippen LogP contribution in [0.1, 0.15) is 25.0 Å². The van der Waals surface area contributed by atoms with Crippen LogP contribution in [0.5, 0.6) is 5.75 Å². The summed E-state index contributed by atoms with van der Waals surface area (Å²) in [6, 6.07) is 8.02. The second kappa shape index (κ2) is 11.1. The molecule has 0 fully saturated rings. The van der Waals surface area contributed by atoms with Crippen molar-refractivity contribution in [3.05, 3.63) is 47.8 Å². The van der Waals surface area contributed by atoms with Gasteiger partial charge in [-0.15, -0.1) is 24.0 Å². The van der Waals surface area contributed by atoms with Gasteiger partial charge in [0, 0.05) is 31.9 Å². The van der Waals surface area contributed by atoms with Gasteiger partial charge in [0.05, 0.1) is 19.9 Å². The summed E-state index contributed by atoms with van der Waals surface area (Å²) in [5, 5.41) is 21.3. The minimum Gasteiger partial charge on any atom is -0.497 e. The van der Waals surface area contributed by atoms with Gasteiger partial charge in [0.25, 0.3) is 0 Å². The number of rotatable bonds is 8. The molecule has 2 rings (SSSR count). The highest BCUT2D eigenvalue weighted by Gasteiger charge is 2.24. The highest BCUT2D eigenvalue weighted by Crippen LogP contribution is 2.19. The Bertz CT molecular complexity index is 713. The van der Waals surface area contributed by atoms with E-state index in [0.717, 1.165) is 30.8 Å². The second-order valence-corrected chi connectivity index (χ2v) is 6.40. The summed E-state index contributed by atoms with van der Waals surface area (Å²) >= 11 is 0. The molecule has 1 aromatic carbocycles. The highest BCUT2D eigenvalue weighted by molar-refractivity contribution is 14.0. The molecule has 1 heterocycles. The topological polar surface area (TPSA) is 83.7 Å².